The van der Waals surface area contributed by atoms with Gasteiger partial charge in [-0.1, -0.05) is 249 Å². The number of ether oxygens (including phenoxy) is 2. The second-order valence-corrected chi connectivity index (χ2v) is 20.9. The van der Waals surface area contributed by atoms with Crippen molar-refractivity contribution >= 4 is 5.91 Å². The van der Waals surface area contributed by atoms with Crippen LogP contribution in [0.3, 0.4) is 0 Å². The lowest BCUT2D eigenvalue weighted by molar-refractivity contribution is -0.302. The molecule has 10 heteroatoms. The van der Waals surface area contributed by atoms with Crippen LogP contribution in [-0.4, -0.2) is 98.7 Å². The molecule has 0 saturated carbocycles. The molecule has 1 fully saturated rings. The van der Waals surface area contributed by atoms with Gasteiger partial charge in [-0.05, 0) is 70.6 Å². The van der Waals surface area contributed by atoms with Crippen LogP contribution in [0.2, 0.25) is 0 Å². The molecule has 10 nitrogen and oxygen atoms in total. The molecule has 1 heterocycles. The Hall–Kier alpha value is -1.89. The number of carbonyl (C=O) groups excluding carboxylic acids is 1. The summed E-state index contributed by atoms with van der Waals surface area (Å²) in [5, 5.41) is 65.0. The maximum Gasteiger partial charge on any atom is 0.249 e. The third kappa shape index (κ3) is 39.2. The van der Waals surface area contributed by atoms with Gasteiger partial charge in [-0.3, -0.25) is 4.79 Å². The Morgan fingerprint density at radius 3 is 1.23 bits per heavy atom. The Morgan fingerprint density at radius 2 is 0.831 bits per heavy atom. The summed E-state index contributed by atoms with van der Waals surface area (Å²) in [7, 11) is 0. The highest BCUT2D eigenvalue weighted by molar-refractivity contribution is 5.80. The van der Waals surface area contributed by atoms with E-state index in [2.05, 4.69) is 55.6 Å². The predicted octanol–water partition coefficient (Wildman–Crippen LogP) is 13.9. The van der Waals surface area contributed by atoms with Gasteiger partial charge in [-0.15, -0.1) is 0 Å². The van der Waals surface area contributed by atoms with E-state index in [1.54, 1.807) is 6.08 Å². The topological polar surface area (TPSA) is 169 Å². The lowest BCUT2D eigenvalue weighted by atomic mass is 9.99. The maximum atomic E-state index is 13.1. The average molecular weight is 1000 g/mol. The van der Waals surface area contributed by atoms with Gasteiger partial charge in [0.2, 0.25) is 5.91 Å². The van der Waals surface area contributed by atoms with E-state index in [1.807, 2.05) is 6.08 Å². The van der Waals surface area contributed by atoms with Gasteiger partial charge in [0.15, 0.2) is 6.29 Å². The zero-order chi connectivity index (χ0) is 51.7. The molecule has 1 aliphatic heterocycles. The molecule has 1 amide bonds. The molecule has 1 rings (SSSR count). The second-order valence-electron chi connectivity index (χ2n) is 20.9. The van der Waals surface area contributed by atoms with Crippen molar-refractivity contribution < 1.29 is 44.9 Å². The minimum Gasteiger partial charge on any atom is -0.394 e. The van der Waals surface area contributed by atoms with E-state index in [-0.39, 0.29) is 6.61 Å². The van der Waals surface area contributed by atoms with E-state index < -0.39 is 61.5 Å². The molecule has 0 aliphatic carbocycles. The van der Waals surface area contributed by atoms with Crippen LogP contribution in [-0.2, 0) is 14.3 Å². The van der Waals surface area contributed by atoms with Crippen LogP contribution >= 0.6 is 0 Å². The Morgan fingerprint density at radius 1 is 0.479 bits per heavy atom. The summed E-state index contributed by atoms with van der Waals surface area (Å²) in [6.45, 7) is 3.60. The van der Waals surface area contributed by atoms with E-state index in [0.29, 0.717) is 19.3 Å². The fourth-order valence-electron chi connectivity index (χ4n) is 9.37. The van der Waals surface area contributed by atoms with E-state index in [0.717, 1.165) is 44.9 Å². The molecule has 7 N–H and O–H groups in total. The van der Waals surface area contributed by atoms with Crippen molar-refractivity contribution in [2.75, 3.05) is 13.2 Å². The number of hydrogen-bond donors (Lipinski definition) is 7. The number of amides is 1. The number of rotatable bonds is 51. The molecule has 0 bridgehead atoms. The molecule has 0 aromatic rings. The average Bonchev–Trinajstić information content (AvgIpc) is 3.37. The number of hydrogen-bond acceptors (Lipinski definition) is 9. The highest BCUT2D eigenvalue weighted by Gasteiger charge is 2.44. The van der Waals surface area contributed by atoms with Crippen LogP contribution in [0, 0.1) is 0 Å². The van der Waals surface area contributed by atoms with E-state index in [1.165, 1.54) is 193 Å². The van der Waals surface area contributed by atoms with Crippen LogP contribution in [0.15, 0.2) is 48.6 Å². The normalized spacial score (nSPS) is 20.0. The Balaban J connectivity index is 2.22. The van der Waals surface area contributed by atoms with E-state index in [9.17, 15) is 35.4 Å². The lowest BCUT2D eigenvalue weighted by Crippen LogP contribution is -2.60. The molecule has 71 heavy (non-hydrogen) atoms. The first-order valence-corrected chi connectivity index (χ1v) is 30.0. The van der Waals surface area contributed by atoms with Gasteiger partial charge < -0.3 is 45.4 Å². The molecule has 0 aromatic heterocycles. The summed E-state index contributed by atoms with van der Waals surface area (Å²) in [6.07, 6.45) is 56.6. The van der Waals surface area contributed by atoms with Crippen molar-refractivity contribution in [1.29, 1.82) is 0 Å². The van der Waals surface area contributed by atoms with Crippen LogP contribution in [0.4, 0.5) is 0 Å². The van der Waals surface area contributed by atoms with Crippen LogP contribution in [0.1, 0.15) is 271 Å². The molecule has 8 unspecified atom stereocenters. The quantitative estimate of drug-likeness (QED) is 0.0232. The first-order chi connectivity index (χ1) is 34.8. The Labute approximate surface area is 436 Å². The minimum absolute atomic E-state index is 0.301. The second kappa shape index (κ2) is 50.3. The van der Waals surface area contributed by atoms with Gasteiger partial charge in [0.1, 0.15) is 30.5 Å². The summed E-state index contributed by atoms with van der Waals surface area (Å²) >= 11 is 0. The zero-order valence-corrected chi connectivity index (χ0v) is 45.8. The van der Waals surface area contributed by atoms with Crippen molar-refractivity contribution in [2.24, 2.45) is 0 Å². The van der Waals surface area contributed by atoms with Gasteiger partial charge >= 0.3 is 0 Å². The summed E-state index contributed by atoms with van der Waals surface area (Å²) in [4.78, 5) is 13.1. The third-order valence-electron chi connectivity index (χ3n) is 14.2. The predicted molar refractivity (Wildman–Crippen MR) is 296 cm³/mol. The number of allylic oxidation sites excluding steroid dienone is 7. The molecule has 8 atom stereocenters. The van der Waals surface area contributed by atoms with Gasteiger partial charge in [0.25, 0.3) is 0 Å². The number of unbranched alkanes of at least 4 members (excludes halogenated alkanes) is 34. The highest BCUT2D eigenvalue weighted by atomic mass is 16.7. The minimum atomic E-state index is -1.62. The molecular weight excluding hydrogens is 891 g/mol. The lowest BCUT2D eigenvalue weighted by Gasteiger charge is -2.40. The Bertz CT molecular complexity index is 1270. The molecular formula is C61H113NO9. The van der Waals surface area contributed by atoms with Gasteiger partial charge in [0.05, 0.1) is 25.4 Å². The third-order valence-corrected chi connectivity index (χ3v) is 14.2. The summed E-state index contributed by atoms with van der Waals surface area (Å²) < 4.78 is 11.2. The smallest absolute Gasteiger partial charge is 0.249 e. The number of carbonyl (C=O) groups is 1. The van der Waals surface area contributed by atoms with Crippen molar-refractivity contribution in [3.05, 3.63) is 48.6 Å². The van der Waals surface area contributed by atoms with Crippen molar-refractivity contribution in [3.63, 3.8) is 0 Å². The van der Waals surface area contributed by atoms with Crippen molar-refractivity contribution in [1.82, 2.24) is 5.32 Å². The largest absolute Gasteiger partial charge is 0.394 e. The van der Waals surface area contributed by atoms with Gasteiger partial charge in [0, 0.05) is 0 Å². The number of aliphatic hydroxyl groups excluding tert-OH is 6. The van der Waals surface area contributed by atoms with Gasteiger partial charge in [-0.25, -0.2) is 0 Å². The van der Waals surface area contributed by atoms with E-state index in [4.69, 9.17) is 9.47 Å². The first-order valence-electron chi connectivity index (χ1n) is 30.0. The molecule has 0 radical (unpaired) electrons. The maximum absolute atomic E-state index is 13.1. The van der Waals surface area contributed by atoms with Crippen molar-refractivity contribution in [3.8, 4) is 0 Å². The van der Waals surface area contributed by atoms with Crippen LogP contribution < -0.4 is 5.32 Å². The van der Waals surface area contributed by atoms with Gasteiger partial charge in [-0.2, -0.15) is 0 Å². The SMILES string of the molecule is CCCCCCCC/C=C/CC/C=C/CC/C=C/C(O)C(COC1OC(CO)C(O)C(O)C1O)NC(=O)C(O)CCCCCCCCCCCCCCCC/C=C\CCCCCCCCCCCCCC. The molecule has 0 aromatic carbocycles. The highest BCUT2D eigenvalue weighted by Crippen LogP contribution is 2.23. The molecule has 1 aliphatic rings. The molecule has 416 valence electrons. The fraction of sp³-hybridized carbons (Fsp3) is 0.852. The van der Waals surface area contributed by atoms with E-state index >= 15 is 0 Å². The summed E-state index contributed by atoms with van der Waals surface area (Å²) in [6, 6.07) is -1.00. The monoisotopic (exact) mass is 1000 g/mol. The van der Waals surface area contributed by atoms with Crippen LogP contribution in [0.25, 0.3) is 0 Å². The fourth-order valence-corrected chi connectivity index (χ4v) is 9.37. The summed E-state index contributed by atoms with van der Waals surface area (Å²) in [5.74, 6) is -0.628. The molecule has 0 spiro atoms. The number of nitrogens with one attached hydrogen (secondary N) is 1. The standard InChI is InChI=1S/C61H113NO9/c1-3-5-7-9-11-13-15-17-19-21-22-23-24-25-26-27-28-29-30-31-32-33-34-36-38-40-42-44-46-48-50-55(65)60(69)62-53(52-70-61-59(68)58(67)57(66)56(51-63)71-61)54(64)49-47-45-43-41-39-37-35-20-18-16-14-12-10-8-6-4-2/h18,20,25-26,39,41,47,49,53-59,61,63-68H,3-17,19,21-24,27-38,40,42-46,48,50-52H2,1-2H3,(H,62,69)/b20-18+,26-25-,41-39+,49-47+. The zero-order valence-electron chi connectivity index (χ0n) is 45.8. The Kier molecular flexibility index (Phi) is 47.5. The molecule has 1 saturated heterocycles. The number of aliphatic hydroxyl groups is 6. The summed E-state index contributed by atoms with van der Waals surface area (Å²) in [5.41, 5.74) is 0. The first kappa shape index (κ1) is 67.1. The van der Waals surface area contributed by atoms with Crippen LogP contribution in [0.5, 0.6) is 0 Å². The van der Waals surface area contributed by atoms with Crippen molar-refractivity contribution in [2.45, 2.75) is 320 Å².